The van der Waals surface area contributed by atoms with E-state index in [1.54, 1.807) is 24.3 Å². The van der Waals surface area contributed by atoms with Crippen molar-refractivity contribution in [2.75, 3.05) is 19.8 Å². The SMILES string of the molecule is O=C(CNS(=O)(=O)c1ccc2c(c1)OCCCO2)OCc1ccc(Cl)cc1. The second kappa shape index (κ2) is 8.60. The monoisotopic (exact) mass is 411 g/mol. The summed E-state index contributed by atoms with van der Waals surface area (Å²) in [7, 11) is -3.89. The summed E-state index contributed by atoms with van der Waals surface area (Å²) < 4.78 is 43.0. The molecule has 0 spiro atoms. The zero-order valence-electron chi connectivity index (χ0n) is 14.3. The van der Waals surface area contributed by atoms with Crippen molar-refractivity contribution in [2.45, 2.75) is 17.9 Å². The number of rotatable bonds is 6. The Hall–Kier alpha value is -2.29. The largest absolute Gasteiger partial charge is 0.490 e. The van der Waals surface area contributed by atoms with Crippen LogP contribution in [-0.4, -0.2) is 34.1 Å². The second-order valence-corrected chi connectivity index (χ2v) is 7.97. The maximum absolute atomic E-state index is 12.4. The van der Waals surface area contributed by atoms with E-state index in [1.165, 1.54) is 18.2 Å². The van der Waals surface area contributed by atoms with Crippen LogP contribution in [0.5, 0.6) is 11.5 Å². The molecule has 27 heavy (non-hydrogen) atoms. The minimum absolute atomic E-state index is 0.0164. The minimum Gasteiger partial charge on any atom is -0.490 e. The molecule has 0 fully saturated rings. The molecule has 1 heterocycles. The Balaban J connectivity index is 1.57. The van der Waals surface area contributed by atoms with Gasteiger partial charge in [-0.25, -0.2) is 8.42 Å². The average Bonchev–Trinajstić information content (AvgIpc) is 2.91. The van der Waals surface area contributed by atoms with E-state index in [0.717, 1.165) is 5.56 Å². The number of fused-ring (bicyclic) bond motifs is 1. The highest BCUT2D eigenvalue weighted by Gasteiger charge is 2.20. The van der Waals surface area contributed by atoms with Crippen molar-refractivity contribution in [2.24, 2.45) is 0 Å². The molecule has 2 aromatic rings. The van der Waals surface area contributed by atoms with Gasteiger partial charge in [0, 0.05) is 17.5 Å². The van der Waals surface area contributed by atoms with Gasteiger partial charge in [-0.2, -0.15) is 4.72 Å². The molecule has 7 nitrogen and oxygen atoms in total. The fourth-order valence-electron chi connectivity index (χ4n) is 2.34. The molecule has 144 valence electrons. The molecule has 0 aromatic heterocycles. The lowest BCUT2D eigenvalue weighted by Gasteiger charge is -2.11. The Labute approximate surface area is 162 Å². The standard InChI is InChI=1S/C18H18ClNO6S/c19-14-4-2-13(3-5-14)12-26-18(21)11-20-27(22,23)15-6-7-16-17(10-15)25-9-1-8-24-16/h2-7,10,20H,1,8-9,11-12H2. The van der Waals surface area contributed by atoms with Crippen LogP contribution in [0.2, 0.25) is 5.02 Å². The summed E-state index contributed by atoms with van der Waals surface area (Å²) >= 11 is 5.78. The first-order valence-corrected chi connectivity index (χ1v) is 10.1. The zero-order valence-corrected chi connectivity index (χ0v) is 15.9. The first kappa shape index (κ1) is 19.5. The van der Waals surface area contributed by atoms with Gasteiger partial charge in [0.15, 0.2) is 11.5 Å². The van der Waals surface area contributed by atoms with Gasteiger partial charge in [-0.3, -0.25) is 4.79 Å². The number of carbonyl (C=O) groups excluding carboxylic acids is 1. The van der Waals surface area contributed by atoms with Crippen LogP contribution >= 0.6 is 11.6 Å². The molecule has 0 bridgehead atoms. The normalized spacial score (nSPS) is 13.7. The minimum atomic E-state index is -3.89. The molecule has 0 unspecified atom stereocenters. The fraction of sp³-hybridized carbons (Fsp3) is 0.278. The molecule has 0 atom stereocenters. The molecule has 3 rings (SSSR count). The Bertz CT molecular complexity index is 914. The molecule has 1 N–H and O–H groups in total. The van der Waals surface area contributed by atoms with Crippen molar-refractivity contribution < 1.29 is 27.4 Å². The molecule has 0 amide bonds. The first-order valence-electron chi connectivity index (χ1n) is 8.23. The molecule has 9 heteroatoms. The smallest absolute Gasteiger partial charge is 0.321 e. The van der Waals surface area contributed by atoms with Crippen LogP contribution in [-0.2, 0) is 26.2 Å². The Morgan fingerprint density at radius 2 is 1.78 bits per heavy atom. The lowest BCUT2D eigenvalue weighted by Crippen LogP contribution is -2.30. The van der Waals surface area contributed by atoms with Crippen molar-refractivity contribution in [1.29, 1.82) is 0 Å². The average molecular weight is 412 g/mol. The molecule has 2 aromatic carbocycles. The lowest BCUT2D eigenvalue weighted by atomic mass is 10.2. The summed E-state index contributed by atoms with van der Waals surface area (Å²) in [5.74, 6) is 0.164. The third-order valence-electron chi connectivity index (χ3n) is 3.75. The summed E-state index contributed by atoms with van der Waals surface area (Å²) in [4.78, 5) is 11.8. The van der Waals surface area contributed by atoms with E-state index in [9.17, 15) is 13.2 Å². The Morgan fingerprint density at radius 1 is 1.07 bits per heavy atom. The number of halogens is 1. The highest BCUT2D eigenvalue weighted by atomic mass is 35.5. The van der Waals surface area contributed by atoms with Gasteiger partial charge < -0.3 is 14.2 Å². The predicted octanol–water partition coefficient (Wildman–Crippen LogP) is 2.52. The zero-order chi connectivity index (χ0) is 19.3. The Morgan fingerprint density at radius 3 is 2.52 bits per heavy atom. The van der Waals surface area contributed by atoms with Gasteiger partial charge in [-0.15, -0.1) is 0 Å². The summed E-state index contributed by atoms with van der Waals surface area (Å²) in [5, 5.41) is 0.577. The number of esters is 1. The highest BCUT2D eigenvalue weighted by Crippen LogP contribution is 2.31. The van der Waals surface area contributed by atoms with E-state index in [2.05, 4.69) is 4.72 Å². The fourth-order valence-corrected chi connectivity index (χ4v) is 3.45. The van der Waals surface area contributed by atoms with Crippen molar-refractivity contribution in [3.63, 3.8) is 0 Å². The van der Waals surface area contributed by atoms with Crippen LogP contribution in [0.4, 0.5) is 0 Å². The first-order chi connectivity index (χ1) is 12.9. The molecular weight excluding hydrogens is 394 g/mol. The summed E-state index contributed by atoms with van der Waals surface area (Å²) in [6, 6.07) is 11.1. The molecule has 0 radical (unpaired) electrons. The Kier molecular flexibility index (Phi) is 6.20. The van der Waals surface area contributed by atoms with Crippen LogP contribution in [0, 0.1) is 0 Å². The van der Waals surface area contributed by atoms with E-state index in [-0.39, 0.29) is 11.5 Å². The van der Waals surface area contributed by atoms with Crippen LogP contribution in [0.25, 0.3) is 0 Å². The van der Waals surface area contributed by atoms with Gasteiger partial charge in [-0.05, 0) is 29.8 Å². The van der Waals surface area contributed by atoms with Crippen molar-refractivity contribution >= 4 is 27.6 Å². The van der Waals surface area contributed by atoms with E-state index < -0.39 is 22.5 Å². The number of sulfonamides is 1. The van der Waals surface area contributed by atoms with Gasteiger partial charge >= 0.3 is 5.97 Å². The summed E-state index contributed by atoms with van der Waals surface area (Å²) in [5.41, 5.74) is 0.749. The van der Waals surface area contributed by atoms with Crippen molar-refractivity contribution in [3.05, 3.63) is 53.1 Å². The maximum atomic E-state index is 12.4. The van der Waals surface area contributed by atoms with Gasteiger partial charge in [0.2, 0.25) is 10.0 Å². The van der Waals surface area contributed by atoms with Crippen molar-refractivity contribution in [1.82, 2.24) is 4.72 Å². The van der Waals surface area contributed by atoms with Crippen molar-refractivity contribution in [3.8, 4) is 11.5 Å². The van der Waals surface area contributed by atoms with Crippen LogP contribution in [0.15, 0.2) is 47.4 Å². The van der Waals surface area contributed by atoms with Gasteiger partial charge in [0.05, 0.1) is 18.1 Å². The quantitative estimate of drug-likeness (QED) is 0.734. The third kappa shape index (κ3) is 5.35. The molecule has 1 aliphatic rings. The third-order valence-corrected chi connectivity index (χ3v) is 5.40. The van der Waals surface area contributed by atoms with Gasteiger partial charge in [0.25, 0.3) is 0 Å². The number of hydrogen-bond donors (Lipinski definition) is 1. The highest BCUT2D eigenvalue weighted by molar-refractivity contribution is 7.89. The number of ether oxygens (including phenoxy) is 3. The van der Waals surface area contributed by atoms with Crippen LogP contribution in [0.1, 0.15) is 12.0 Å². The van der Waals surface area contributed by atoms with E-state index in [0.29, 0.717) is 36.2 Å². The van der Waals surface area contributed by atoms with Gasteiger partial charge in [-0.1, -0.05) is 23.7 Å². The number of benzene rings is 2. The maximum Gasteiger partial charge on any atom is 0.321 e. The van der Waals surface area contributed by atoms with Crippen LogP contribution < -0.4 is 14.2 Å². The van der Waals surface area contributed by atoms with E-state index in [4.69, 9.17) is 25.8 Å². The summed E-state index contributed by atoms with van der Waals surface area (Å²) in [6.45, 7) is 0.504. The lowest BCUT2D eigenvalue weighted by molar-refractivity contribution is -0.143. The molecular formula is C18H18ClNO6S. The van der Waals surface area contributed by atoms with Gasteiger partial charge in [0.1, 0.15) is 13.2 Å². The van der Waals surface area contributed by atoms with E-state index >= 15 is 0 Å². The summed E-state index contributed by atoms with van der Waals surface area (Å²) in [6.07, 6.45) is 0.717. The molecule has 1 aliphatic heterocycles. The van der Waals surface area contributed by atoms with E-state index in [1.807, 2.05) is 0 Å². The number of carbonyl (C=O) groups is 1. The molecule has 0 aliphatic carbocycles. The number of nitrogens with one attached hydrogen (secondary N) is 1. The number of hydrogen-bond acceptors (Lipinski definition) is 6. The predicted molar refractivity (Wildman–Crippen MR) is 98.5 cm³/mol. The topological polar surface area (TPSA) is 90.9 Å². The second-order valence-electron chi connectivity index (χ2n) is 5.77. The molecule has 0 saturated heterocycles. The van der Waals surface area contributed by atoms with Crippen LogP contribution in [0.3, 0.4) is 0 Å². The molecule has 0 saturated carbocycles.